The lowest BCUT2D eigenvalue weighted by Crippen LogP contribution is -2.11. The Morgan fingerprint density at radius 2 is 1.91 bits per heavy atom. The van der Waals surface area contributed by atoms with E-state index in [2.05, 4.69) is 20.7 Å². The van der Waals surface area contributed by atoms with Gasteiger partial charge in [-0.3, -0.25) is 10.1 Å². The van der Waals surface area contributed by atoms with Crippen molar-refractivity contribution in [3.05, 3.63) is 46.8 Å². The lowest BCUT2D eigenvalue weighted by molar-refractivity contribution is 0.0985. The number of nitrogens with zero attached hydrogens (tertiary/aromatic N) is 3. The van der Waals surface area contributed by atoms with E-state index in [1.165, 1.54) is 11.6 Å². The van der Waals surface area contributed by atoms with Gasteiger partial charge in [-0.05, 0) is 44.0 Å². The van der Waals surface area contributed by atoms with Crippen LogP contribution in [0.4, 0.5) is 6.01 Å². The van der Waals surface area contributed by atoms with Crippen LogP contribution in [0.2, 0.25) is 0 Å². The highest BCUT2D eigenvalue weighted by molar-refractivity contribution is 6.00. The van der Waals surface area contributed by atoms with Gasteiger partial charge in [0.05, 0.1) is 5.69 Å². The molecule has 0 saturated carbocycles. The van der Waals surface area contributed by atoms with Gasteiger partial charge in [0.15, 0.2) is 0 Å². The van der Waals surface area contributed by atoms with E-state index in [0.717, 1.165) is 11.1 Å². The standard InChI is InChI=1S/C15H14N4O3/c1-8-4-5-11(6-9(8)2)14-17-18-15(21-14)16-13(20)12-7-10(3)19-22-12/h4-7H,1-3H3,(H,16,18,20). The van der Waals surface area contributed by atoms with Gasteiger partial charge >= 0.3 is 6.01 Å². The molecule has 3 aromatic rings. The number of aryl methyl sites for hydroxylation is 3. The maximum Gasteiger partial charge on any atom is 0.322 e. The number of rotatable bonds is 3. The van der Waals surface area contributed by atoms with Crippen molar-refractivity contribution >= 4 is 11.9 Å². The largest absolute Gasteiger partial charge is 0.403 e. The Bertz CT molecular complexity index is 835. The average Bonchev–Trinajstić information content (AvgIpc) is 3.11. The molecule has 0 aliphatic heterocycles. The molecule has 0 radical (unpaired) electrons. The molecule has 22 heavy (non-hydrogen) atoms. The third kappa shape index (κ3) is 2.73. The van der Waals surface area contributed by atoms with Crippen LogP contribution in [0.5, 0.6) is 0 Å². The normalized spacial score (nSPS) is 10.7. The monoisotopic (exact) mass is 298 g/mol. The molecule has 0 spiro atoms. The minimum absolute atomic E-state index is 0.00674. The molecule has 0 saturated heterocycles. The van der Waals surface area contributed by atoms with E-state index in [9.17, 15) is 4.79 Å². The van der Waals surface area contributed by atoms with Gasteiger partial charge in [-0.1, -0.05) is 16.3 Å². The number of amides is 1. The first-order valence-electron chi connectivity index (χ1n) is 6.69. The summed E-state index contributed by atoms with van der Waals surface area (Å²) in [7, 11) is 0. The van der Waals surface area contributed by atoms with Gasteiger partial charge in [0.2, 0.25) is 11.7 Å². The first-order chi connectivity index (χ1) is 10.5. The number of carbonyl (C=O) groups is 1. The summed E-state index contributed by atoms with van der Waals surface area (Å²) in [5.74, 6) is -0.0635. The van der Waals surface area contributed by atoms with Crippen molar-refractivity contribution in [1.82, 2.24) is 15.4 Å². The van der Waals surface area contributed by atoms with Gasteiger partial charge in [0, 0.05) is 11.6 Å². The molecule has 1 amide bonds. The fraction of sp³-hybridized carbons (Fsp3) is 0.200. The van der Waals surface area contributed by atoms with E-state index in [0.29, 0.717) is 11.6 Å². The molecule has 3 rings (SSSR count). The van der Waals surface area contributed by atoms with E-state index in [4.69, 9.17) is 8.94 Å². The Morgan fingerprint density at radius 3 is 2.59 bits per heavy atom. The molecule has 2 heterocycles. The second kappa shape index (κ2) is 5.44. The van der Waals surface area contributed by atoms with Crippen molar-refractivity contribution in [2.75, 3.05) is 5.32 Å². The van der Waals surface area contributed by atoms with Crippen molar-refractivity contribution in [1.29, 1.82) is 0 Å². The lowest BCUT2D eigenvalue weighted by Gasteiger charge is -2.00. The molecule has 0 unspecified atom stereocenters. The van der Waals surface area contributed by atoms with Crippen LogP contribution in [-0.4, -0.2) is 21.3 Å². The summed E-state index contributed by atoms with van der Waals surface area (Å²) in [6, 6.07) is 7.35. The fourth-order valence-electron chi connectivity index (χ4n) is 1.89. The van der Waals surface area contributed by atoms with Gasteiger partial charge < -0.3 is 8.94 Å². The molecule has 7 heteroatoms. The molecular weight excluding hydrogens is 284 g/mol. The summed E-state index contributed by atoms with van der Waals surface area (Å²) in [5, 5.41) is 13.9. The molecule has 1 N–H and O–H groups in total. The number of nitrogens with one attached hydrogen (secondary N) is 1. The van der Waals surface area contributed by atoms with Crippen LogP contribution in [0.25, 0.3) is 11.5 Å². The predicted octanol–water partition coefficient (Wildman–Crippen LogP) is 2.90. The van der Waals surface area contributed by atoms with Gasteiger partial charge in [0.1, 0.15) is 0 Å². The summed E-state index contributed by atoms with van der Waals surface area (Å²) in [6.45, 7) is 5.76. The van der Waals surface area contributed by atoms with Gasteiger partial charge in [-0.15, -0.1) is 5.10 Å². The molecule has 112 valence electrons. The summed E-state index contributed by atoms with van der Waals surface area (Å²) in [6.07, 6.45) is 0. The molecule has 0 atom stereocenters. The number of anilines is 1. The van der Waals surface area contributed by atoms with Crippen LogP contribution in [-0.2, 0) is 0 Å². The van der Waals surface area contributed by atoms with Crippen LogP contribution in [0, 0.1) is 20.8 Å². The Labute approximate surface area is 126 Å². The second-order valence-electron chi connectivity index (χ2n) is 5.00. The summed E-state index contributed by atoms with van der Waals surface area (Å²) in [4.78, 5) is 11.9. The summed E-state index contributed by atoms with van der Waals surface area (Å²) < 4.78 is 10.3. The highest BCUT2D eigenvalue weighted by Crippen LogP contribution is 2.22. The maximum absolute atomic E-state index is 11.9. The lowest BCUT2D eigenvalue weighted by atomic mass is 10.1. The number of benzene rings is 1. The molecule has 7 nitrogen and oxygen atoms in total. The highest BCUT2D eigenvalue weighted by atomic mass is 16.5. The summed E-state index contributed by atoms with van der Waals surface area (Å²) >= 11 is 0. The predicted molar refractivity (Wildman–Crippen MR) is 78.4 cm³/mol. The Hall–Kier alpha value is -2.96. The number of hydrogen-bond donors (Lipinski definition) is 1. The molecule has 0 aliphatic rings. The van der Waals surface area contributed by atoms with Crippen LogP contribution < -0.4 is 5.32 Å². The van der Waals surface area contributed by atoms with Crippen molar-refractivity contribution in [3.63, 3.8) is 0 Å². The van der Waals surface area contributed by atoms with Gasteiger partial charge in [0.25, 0.3) is 5.91 Å². The van der Waals surface area contributed by atoms with E-state index in [-0.39, 0.29) is 11.8 Å². The van der Waals surface area contributed by atoms with Crippen LogP contribution in [0.15, 0.2) is 33.2 Å². The topological polar surface area (TPSA) is 94.1 Å². The highest BCUT2D eigenvalue weighted by Gasteiger charge is 2.16. The smallest absolute Gasteiger partial charge is 0.322 e. The quantitative estimate of drug-likeness (QED) is 0.799. The Morgan fingerprint density at radius 1 is 1.09 bits per heavy atom. The molecular formula is C15H14N4O3. The zero-order valence-electron chi connectivity index (χ0n) is 12.4. The van der Waals surface area contributed by atoms with E-state index >= 15 is 0 Å². The Balaban J connectivity index is 1.78. The maximum atomic E-state index is 11.9. The van der Waals surface area contributed by atoms with E-state index in [1.807, 2.05) is 32.0 Å². The minimum Gasteiger partial charge on any atom is -0.403 e. The molecule has 0 fully saturated rings. The second-order valence-corrected chi connectivity index (χ2v) is 5.00. The van der Waals surface area contributed by atoms with Crippen LogP contribution in [0.1, 0.15) is 27.4 Å². The third-order valence-corrected chi connectivity index (χ3v) is 3.25. The van der Waals surface area contributed by atoms with Crippen LogP contribution >= 0.6 is 0 Å². The van der Waals surface area contributed by atoms with Crippen LogP contribution in [0.3, 0.4) is 0 Å². The first-order valence-corrected chi connectivity index (χ1v) is 6.69. The average molecular weight is 298 g/mol. The van der Waals surface area contributed by atoms with Gasteiger partial charge in [-0.2, -0.15) is 0 Å². The molecule has 2 aromatic heterocycles. The number of carbonyl (C=O) groups excluding carboxylic acids is 1. The molecule has 1 aromatic carbocycles. The number of aromatic nitrogens is 3. The zero-order valence-corrected chi connectivity index (χ0v) is 12.4. The molecule has 0 bridgehead atoms. The number of hydrogen-bond acceptors (Lipinski definition) is 6. The summed E-state index contributed by atoms with van der Waals surface area (Å²) in [5.41, 5.74) is 3.72. The zero-order chi connectivity index (χ0) is 15.7. The Kier molecular flexibility index (Phi) is 3.46. The third-order valence-electron chi connectivity index (χ3n) is 3.25. The minimum atomic E-state index is -0.490. The SMILES string of the molecule is Cc1cc(C(=O)Nc2nnc(-c3ccc(C)c(C)c3)o2)on1. The van der Waals surface area contributed by atoms with Crippen molar-refractivity contribution in [2.45, 2.75) is 20.8 Å². The van der Waals surface area contributed by atoms with Gasteiger partial charge in [-0.25, -0.2) is 0 Å². The fourth-order valence-corrected chi connectivity index (χ4v) is 1.89. The van der Waals surface area contributed by atoms with Crippen molar-refractivity contribution < 1.29 is 13.7 Å². The van der Waals surface area contributed by atoms with E-state index < -0.39 is 5.91 Å². The molecule has 0 aliphatic carbocycles. The van der Waals surface area contributed by atoms with E-state index in [1.54, 1.807) is 6.92 Å². The first kappa shape index (κ1) is 14.0. The van der Waals surface area contributed by atoms with Crippen molar-refractivity contribution in [3.8, 4) is 11.5 Å². The van der Waals surface area contributed by atoms with Crippen molar-refractivity contribution in [2.24, 2.45) is 0 Å².